The predicted molar refractivity (Wildman–Crippen MR) is 94.1 cm³/mol. The molecule has 0 aliphatic carbocycles. The van der Waals surface area contributed by atoms with Gasteiger partial charge < -0.3 is 10.6 Å². The highest BCUT2D eigenvalue weighted by atomic mass is 16.2. The summed E-state index contributed by atoms with van der Waals surface area (Å²) in [7, 11) is 0. The van der Waals surface area contributed by atoms with Gasteiger partial charge in [-0.2, -0.15) is 0 Å². The van der Waals surface area contributed by atoms with Crippen molar-refractivity contribution in [3.8, 4) is 0 Å². The normalized spacial score (nSPS) is 12.5. The number of carbonyl (C=O) groups excluding carboxylic acids is 1. The molecule has 0 saturated heterocycles. The largest absolute Gasteiger partial charge is 0.343 e. The minimum absolute atomic E-state index is 0.116. The fraction of sp³-hybridized carbons (Fsp3) is 0.632. The zero-order chi connectivity index (χ0) is 16.5. The second kappa shape index (κ2) is 9.62. The quantitative estimate of drug-likeness (QED) is 0.752. The molecule has 2 N–H and O–H groups in total. The molecule has 124 valence electrons. The van der Waals surface area contributed by atoms with Crippen LogP contribution < -0.4 is 5.73 Å². The number of nitrogens with zero attached hydrogens (tertiary/aromatic N) is 1. The minimum Gasteiger partial charge on any atom is -0.343 e. The maximum Gasteiger partial charge on any atom is 0.223 e. The second-order valence-corrected chi connectivity index (χ2v) is 6.34. The molecular formula is C19H32N2O. The summed E-state index contributed by atoms with van der Waals surface area (Å²) in [6.07, 6.45) is 2.52. The van der Waals surface area contributed by atoms with Crippen LogP contribution in [0, 0.1) is 0 Å². The van der Waals surface area contributed by atoms with Crippen molar-refractivity contribution in [3.63, 3.8) is 0 Å². The Labute approximate surface area is 135 Å². The van der Waals surface area contributed by atoms with Gasteiger partial charge in [0.2, 0.25) is 5.91 Å². The van der Waals surface area contributed by atoms with E-state index in [9.17, 15) is 4.79 Å². The van der Waals surface area contributed by atoms with Crippen molar-refractivity contribution >= 4 is 5.91 Å². The zero-order valence-electron chi connectivity index (χ0n) is 14.6. The molecule has 1 aromatic rings. The zero-order valence-corrected chi connectivity index (χ0v) is 14.6. The first-order valence-electron chi connectivity index (χ1n) is 8.61. The lowest BCUT2D eigenvalue weighted by atomic mass is 9.92. The second-order valence-electron chi connectivity index (χ2n) is 6.34. The summed E-state index contributed by atoms with van der Waals surface area (Å²) in [6.45, 7) is 10.8. The topological polar surface area (TPSA) is 46.3 Å². The van der Waals surface area contributed by atoms with Crippen LogP contribution in [0.2, 0.25) is 0 Å². The van der Waals surface area contributed by atoms with Crippen LogP contribution in [0.1, 0.15) is 69.9 Å². The van der Waals surface area contributed by atoms with Gasteiger partial charge in [0.1, 0.15) is 0 Å². The predicted octanol–water partition coefficient (Wildman–Crippen LogP) is 3.89. The molecule has 1 unspecified atom stereocenters. The summed E-state index contributed by atoms with van der Waals surface area (Å²) in [5, 5.41) is 0. The molecular weight excluding hydrogens is 272 g/mol. The first kappa shape index (κ1) is 18.7. The Bertz CT molecular complexity index is 433. The van der Waals surface area contributed by atoms with Gasteiger partial charge >= 0.3 is 0 Å². The highest BCUT2D eigenvalue weighted by Gasteiger charge is 2.19. The lowest BCUT2D eigenvalue weighted by molar-refractivity contribution is -0.131. The number of nitrogens with two attached hydrogens (primary N) is 1. The number of amides is 1. The smallest absolute Gasteiger partial charge is 0.223 e. The summed E-state index contributed by atoms with van der Waals surface area (Å²) in [5.41, 5.74) is 8.43. The van der Waals surface area contributed by atoms with E-state index in [0.29, 0.717) is 18.9 Å². The first-order chi connectivity index (χ1) is 10.5. The monoisotopic (exact) mass is 304 g/mol. The molecule has 1 rings (SSSR count). The first-order valence-corrected chi connectivity index (χ1v) is 8.61. The summed E-state index contributed by atoms with van der Waals surface area (Å²) < 4.78 is 0. The SMILES string of the molecule is CCCN(CCC)C(=O)CC(CN)c1ccc(C(C)C)cc1. The molecule has 0 heterocycles. The third-order valence-electron chi connectivity index (χ3n) is 4.12. The Balaban J connectivity index is 2.76. The van der Waals surface area contributed by atoms with Crippen LogP contribution >= 0.6 is 0 Å². The van der Waals surface area contributed by atoms with Crippen LogP contribution in [-0.4, -0.2) is 30.4 Å². The Morgan fingerprint density at radius 1 is 1.05 bits per heavy atom. The van der Waals surface area contributed by atoms with Gasteiger partial charge in [-0.15, -0.1) is 0 Å². The molecule has 3 nitrogen and oxygen atoms in total. The molecule has 0 aromatic heterocycles. The van der Waals surface area contributed by atoms with Gasteiger partial charge in [0.15, 0.2) is 0 Å². The molecule has 0 saturated carbocycles. The number of hydrogen-bond donors (Lipinski definition) is 1. The summed E-state index contributed by atoms with van der Waals surface area (Å²) in [5.74, 6) is 0.869. The van der Waals surface area contributed by atoms with E-state index in [4.69, 9.17) is 5.73 Å². The number of hydrogen-bond acceptors (Lipinski definition) is 2. The Morgan fingerprint density at radius 3 is 1.95 bits per heavy atom. The van der Waals surface area contributed by atoms with Crippen LogP contribution in [0.15, 0.2) is 24.3 Å². The molecule has 1 aromatic carbocycles. The van der Waals surface area contributed by atoms with Gasteiger partial charge in [0.05, 0.1) is 0 Å². The van der Waals surface area contributed by atoms with E-state index in [1.807, 2.05) is 4.90 Å². The van der Waals surface area contributed by atoms with Crippen LogP contribution in [0.3, 0.4) is 0 Å². The molecule has 0 radical (unpaired) electrons. The lowest BCUT2D eigenvalue weighted by Crippen LogP contribution is -2.34. The lowest BCUT2D eigenvalue weighted by Gasteiger charge is -2.24. The Hall–Kier alpha value is -1.35. The van der Waals surface area contributed by atoms with Crippen molar-refractivity contribution in [1.29, 1.82) is 0 Å². The van der Waals surface area contributed by atoms with Crippen molar-refractivity contribution in [2.45, 2.75) is 58.8 Å². The van der Waals surface area contributed by atoms with Crippen LogP contribution in [-0.2, 0) is 4.79 Å². The van der Waals surface area contributed by atoms with Crippen molar-refractivity contribution in [3.05, 3.63) is 35.4 Å². The molecule has 0 fully saturated rings. The highest BCUT2D eigenvalue weighted by Crippen LogP contribution is 2.23. The summed E-state index contributed by atoms with van der Waals surface area (Å²) >= 11 is 0. The maximum atomic E-state index is 12.5. The third-order valence-corrected chi connectivity index (χ3v) is 4.12. The molecule has 1 amide bonds. The fourth-order valence-electron chi connectivity index (χ4n) is 2.73. The van der Waals surface area contributed by atoms with E-state index < -0.39 is 0 Å². The van der Waals surface area contributed by atoms with Gasteiger partial charge in [-0.1, -0.05) is 52.0 Å². The number of carbonyl (C=O) groups is 1. The minimum atomic E-state index is 0.116. The van der Waals surface area contributed by atoms with Gasteiger partial charge in [0, 0.05) is 25.4 Å². The van der Waals surface area contributed by atoms with Crippen LogP contribution in [0.25, 0.3) is 0 Å². The summed E-state index contributed by atoms with van der Waals surface area (Å²) in [4.78, 5) is 14.5. The average molecular weight is 304 g/mol. The van der Waals surface area contributed by atoms with Gasteiger partial charge in [-0.05, 0) is 36.4 Å². The standard InChI is InChI=1S/C19H32N2O/c1-5-11-21(12-6-2)19(22)13-18(14-20)17-9-7-16(8-10-17)15(3)4/h7-10,15,18H,5-6,11-14,20H2,1-4H3. The van der Waals surface area contributed by atoms with Crippen LogP contribution in [0.5, 0.6) is 0 Å². The van der Waals surface area contributed by atoms with E-state index in [2.05, 4.69) is 52.0 Å². The van der Waals surface area contributed by atoms with E-state index in [1.54, 1.807) is 0 Å². The van der Waals surface area contributed by atoms with E-state index in [1.165, 1.54) is 11.1 Å². The number of rotatable bonds is 9. The third kappa shape index (κ3) is 5.45. The Morgan fingerprint density at radius 2 is 1.55 bits per heavy atom. The average Bonchev–Trinajstić information content (AvgIpc) is 2.52. The van der Waals surface area contributed by atoms with Gasteiger partial charge in [-0.25, -0.2) is 0 Å². The van der Waals surface area contributed by atoms with Crippen molar-refractivity contribution in [2.75, 3.05) is 19.6 Å². The van der Waals surface area contributed by atoms with E-state index in [0.717, 1.165) is 25.9 Å². The van der Waals surface area contributed by atoms with E-state index >= 15 is 0 Å². The van der Waals surface area contributed by atoms with Crippen molar-refractivity contribution in [1.82, 2.24) is 4.90 Å². The molecule has 0 spiro atoms. The van der Waals surface area contributed by atoms with Crippen molar-refractivity contribution in [2.24, 2.45) is 5.73 Å². The molecule has 0 aliphatic heterocycles. The molecule has 3 heteroatoms. The maximum absolute atomic E-state index is 12.5. The Kier molecular flexibility index (Phi) is 8.18. The van der Waals surface area contributed by atoms with Crippen LogP contribution in [0.4, 0.5) is 0 Å². The summed E-state index contributed by atoms with van der Waals surface area (Å²) in [6, 6.07) is 8.57. The highest BCUT2D eigenvalue weighted by molar-refractivity contribution is 5.77. The fourth-order valence-corrected chi connectivity index (χ4v) is 2.73. The molecule has 1 atom stereocenters. The molecule has 22 heavy (non-hydrogen) atoms. The molecule has 0 bridgehead atoms. The molecule has 0 aliphatic rings. The van der Waals surface area contributed by atoms with Gasteiger partial charge in [-0.3, -0.25) is 4.79 Å². The number of benzene rings is 1. The van der Waals surface area contributed by atoms with Crippen molar-refractivity contribution < 1.29 is 4.79 Å². The van der Waals surface area contributed by atoms with Gasteiger partial charge in [0.25, 0.3) is 0 Å². The van der Waals surface area contributed by atoms with E-state index in [-0.39, 0.29) is 11.8 Å².